The second kappa shape index (κ2) is 9.62. The number of hydrogen-bond donors (Lipinski definition) is 1. The van der Waals surface area contributed by atoms with E-state index in [0.717, 1.165) is 9.87 Å². The third kappa shape index (κ3) is 5.61. The van der Waals surface area contributed by atoms with Crippen molar-refractivity contribution in [2.45, 2.75) is 17.7 Å². The summed E-state index contributed by atoms with van der Waals surface area (Å²) in [7, 11) is 3.83. The molecule has 0 aliphatic carbocycles. The molecule has 0 aliphatic heterocycles. The van der Waals surface area contributed by atoms with Crippen molar-refractivity contribution in [2.24, 2.45) is 0 Å². The van der Waals surface area contributed by atoms with Gasteiger partial charge >= 0.3 is 0 Å². The number of methoxy groups -OCH3 is 3. The van der Waals surface area contributed by atoms with Gasteiger partial charge in [-0.25, -0.2) is 12.7 Å². The van der Waals surface area contributed by atoms with E-state index in [1.807, 2.05) is 12.1 Å². The van der Waals surface area contributed by atoms with Crippen molar-refractivity contribution in [3.63, 3.8) is 0 Å². The van der Waals surface area contributed by atoms with E-state index in [1.165, 1.54) is 39.4 Å². The first-order valence-corrected chi connectivity index (χ1v) is 10.3. The molecule has 2 rings (SSSR count). The number of ether oxygens (including phenoxy) is 3. The normalized spacial score (nSPS) is 11.2. The molecular weight excluding hydrogens is 396 g/mol. The van der Waals surface area contributed by atoms with E-state index in [1.54, 1.807) is 20.3 Å². The maximum atomic E-state index is 12.5. The molecule has 0 aromatic heterocycles. The highest BCUT2D eigenvalue weighted by Gasteiger charge is 2.20. The number of nitrogens with zero attached hydrogens (tertiary/aromatic N) is 1. The molecule has 2 aromatic rings. The van der Waals surface area contributed by atoms with Crippen molar-refractivity contribution in [3.8, 4) is 17.2 Å². The number of benzene rings is 2. The maximum absolute atomic E-state index is 12.5. The predicted molar refractivity (Wildman–Crippen MR) is 110 cm³/mol. The molecule has 0 unspecified atom stereocenters. The van der Waals surface area contributed by atoms with Crippen LogP contribution in [0.5, 0.6) is 17.2 Å². The molecule has 0 saturated carbocycles. The van der Waals surface area contributed by atoms with E-state index >= 15 is 0 Å². The lowest BCUT2D eigenvalue weighted by Gasteiger charge is -2.15. The summed E-state index contributed by atoms with van der Waals surface area (Å²) in [5.74, 6) is 1.38. The van der Waals surface area contributed by atoms with Crippen molar-refractivity contribution < 1.29 is 27.4 Å². The van der Waals surface area contributed by atoms with Gasteiger partial charge in [0.2, 0.25) is 15.9 Å². The van der Waals surface area contributed by atoms with E-state index in [0.29, 0.717) is 29.4 Å². The van der Waals surface area contributed by atoms with Crippen molar-refractivity contribution in [3.05, 3.63) is 42.0 Å². The first kappa shape index (κ1) is 22.5. The Morgan fingerprint density at radius 2 is 1.59 bits per heavy atom. The number of amides is 1. The lowest BCUT2D eigenvalue weighted by Crippen LogP contribution is -2.22. The first-order chi connectivity index (χ1) is 13.7. The molecule has 2 aromatic carbocycles. The largest absolute Gasteiger partial charge is 0.497 e. The summed E-state index contributed by atoms with van der Waals surface area (Å²) < 4.78 is 41.5. The Morgan fingerprint density at radius 3 is 2.10 bits per heavy atom. The van der Waals surface area contributed by atoms with E-state index < -0.39 is 10.0 Å². The number of nitrogens with one attached hydrogen (secondary N) is 1. The highest BCUT2D eigenvalue weighted by Crippen LogP contribution is 2.29. The van der Waals surface area contributed by atoms with Crippen LogP contribution in [0, 0.1) is 0 Å². The number of rotatable bonds is 9. The van der Waals surface area contributed by atoms with Crippen LogP contribution in [0.25, 0.3) is 0 Å². The van der Waals surface area contributed by atoms with Crippen LogP contribution in [0.15, 0.2) is 41.3 Å². The van der Waals surface area contributed by atoms with Gasteiger partial charge in [-0.1, -0.05) is 0 Å². The summed E-state index contributed by atoms with van der Waals surface area (Å²) in [6, 6.07) is 9.76. The number of aryl methyl sites for hydroxylation is 1. The highest BCUT2D eigenvalue weighted by atomic mass is 32.2. The summed E-state index contributed by atoms with van der Waals surface area (Å²) >= 11 is 0. The fourth-order valence-corrected chi connectivity index (χ4v) is 3.57. The number of carbonyl (C=O) groups is 1. The Balaban J connectivity index is 2.16. The topological polar surface area (TPSA) is 94.2 Å². The Morgan fingerprint density at radius 1 is 0.966 bits per heavy atom. The number of carbonyl (C=O) groups excluding carboxylic acids is 1. The molecule has 0 radical (unpaired) electrons. The summed E-state index contributed by atoms with van der Waals surface area (Å²) in [5.41, 5.74) is 1.18. The minimum absolute atomic E-state index is 0.0659. The molecule has 1 amide bonds. The molecule has 1 N–H and O–H groups in total. The van der Waals surface area contributed by atoms with Gasteiger partial charge in [0.05, 0.1) is 31.9 Å². The van der Waals surface area contributed by atoms with Crippen molar-refractivity contribution in [2.75, 3.05) is 40.7 Å². The summed E-state index contributed by atoms with van der Waals surface area (Å²) in [5, 5.41) is 2.73. The molecule has 9 heteroatoms. The van der Waals surface area contributed by atoms with Gasteiger partial charge in [-0.3, -0.25) is 4.79 Å². The Bertz CT molecular complexity index is 951. The van der Waals surface area contributed by atoms with Crippen molar-refractivity contribution in [1.82, 2.24) is 4.31 Å². The number of hydrogen-bond acceptors (Lipinski definition) is 6. The average molecular weight is 423 g/mol. The van der Waals surface area contributed by atoms with Crippen molar-refractivity contribution >= 4 is 21.6 Å². The van der Waals surface area contributed by atoms with Gasteiger partial charge < -0.3 is 19.5 Å². The fourth-order valence-electron chi connectivity index (χ4n) is 2.64. The van der Waals surface area contributed by atoms with Crippen LogP contribution < -0.4 is 19.5 Å². The molecule has 0 fully saturated rings. The van der Waals surface area contributed by atoms with Crippen LogP contribution in [0.2, 0.25) is 0 Å². The first-order valence-electron chi connectivity index (χ1n) is 8.83. The SMILES string of the molecule is COc1cc(CCC(=O)Nc2cc(S(=O)(=O)N(C)C)ccc2OC)cc(OC)c1. The molecule has 158 valence electrons. The molecule has 0 atom stereocenters. The smallest absolute Gasteiger partial charge is 0.242 e. The zero-order chi connectivity index (χ0) is 21.6. The zero-order valence-corrected chi connectivity index (χ0v) is 18.0. The van der Waals surface area contributed by atoms with E-state index in [-0.39, 0.29) is 17.2 Å². The average Bonchev–Trinajstić information content (AvgIpc) is 2.71. The summed E-state index contributed by atoms with van der Waals surface area (Å²) in [4.78, 5) is 12.5. The standard InChI is InChI=1S/C20H26N2O6S/c1-22(2)29(24,25)17-7-8-19(28-5)18(13-17)21-20(23)9-6-14-10-15(26-3)12-16(11-14)27-4/h7-8,10-13H,6,9H2,1-5H3,(H,21,23). The fraction of sp³-hybridized carbons (Fsp3) is 0.350. The monoisotopic (exact) mass is 422 g/mol. The van der Waals surface area contributed by atoms with E-state index in [9.17, 15) is 13.2 Å². The van der Waals surface area contributed by atoms with Gasteiger partial charge in [0.25, 0.3) is 0 Å². The number of sulfonamides is 1. The quantitative estimate of drug-likeness (QED) is 0.667. The third-order valence-corrected chi connectivity index (χ3v) is 6.09. The van der Waals surface area contributed by atoms with Gasteiger partial charge in [-0.15, -0.1) is 0 Å². The van der Waals surface area contributed by atoms with Gasteiger partial charge in [-0.2, -0.15) is 0 Å². The summed E-state index contributed by atoms with van der Waals surface area (Å²) in [6.45, 7) is 0. The second-order valence-corrected chi connectivity index (χ2v) is 8.57. The van der Waals surface area contributed by atoms with Crippen LogP contribution in [0.3, 0.4) is 0 Å². The molecule has 0 heterocycles. The van der Waals surface area contributed by atoms with Gasteiger partial charge in [0.1, 0.15) is 17.2 Å². The van der Waals surface area contributed by atoms with Crippen LogP contribution >= 0.6 is 0 Å². The zero-order valence-electron chi connectivity index (χ0n) is 17.2. The van der Waals surface area contributed by atoms with E-state index in [2.05, 4.69) is 5.32 Å². The molecule has 0 spiro atoms. The van der Waals surface area contributed by atoms with Gasteiger partial charge in [0, 0.05) is 26.6 Å². The Kier molecular flexibility index (Phi) is 7.46. The van der Waals surface area contributed by atoms with Crippen molar-refractivity contribution in [1.29, 1.82) is 0 Å². The van der Waals surface area contributed by atoms with Gasteiger partial charge in [-0.05, 0) is 42.3 Å². The van der Waals surface area contributed by atoms with Crippen LogP contribution in [-0.2, 0) is 21.2 Å². The predicted octanol–water partition coefficient (Wildman–Crippen LogP) is 2.53. The molecule has 0 aliphatic rings. The molecule has 0 bridgehead atoms. The lowest BCUT2D eigenvalue weighted by atomic mass is 10.1. The van der Waals surface area contributed by atoms with Crippen LogP contribution in [0.4, 0.5) is 5.69 Å². The summed E-state index contributed by atoms with van der Waals surface area (Å²) in [6.07, 6.45) is 0.640. The van der Waals surface area contributed by atoms with Crippen LogP contribution in [0.1, 0.15) is 12.0 Å². The van der Waals surface area contributed by atoms with Gasteiger partial charge in [0.15, 0.2) is 0 Å². The van der Waals surface area contributed by atoms with E-state index in [4.69, 9.17) is 14.2 Å². The highest BCUT2D eigenvalue weighted by molar-refractivity contribution is 7.89. The molecule has 0 saturated heterocycles. The molecule has 29 heavy (non-hydrogen) atoms. The number of anilines is 1. The Hall–Kier alpha value is -2.78. The molecule has 8 nitrogen and oxygen atoms in total. The minimum atomic E-state index is -3.63. The maximum Gasteiger partial charge on any atom is 0.242 e. The minimum Gasteiger partial charge on any atom is -0.497 e. The third-order valence-electron chi connectivity index (χ3n) is 4.28. The second-order valence-electron chi connectivity index (χ2n) is 6.42. The Labute approximate surface area is 171 Å². The lowest BCUT2D eigenvalue weighted by molar-refractivity contribution is -0.116. The van der Waals surface area contributed by atoms with Crippen LogP contribution in [-0.4, -0.2) is 54.1 Å². The molecular formula is C20H26N2O6S.